The molecule has 3 rings (SSSR count). The van der Waals surface area contributed by atoms with Crippen molar-refractivity contribution in [2.24, 2.45) is 23.7 Å². The van der Waals surface area contributed by atoms with Crippen LogP contribution in [-0.4, -0.2) is 25.0 Å². The van der Waals surface area contributed by atoms with Gasteiger partial charge in [-0.3, -0.25) is 0 Å². The second-order valence-electron chi connectivity index (χ2n) is 11.6. The van der Waals surface area contributed by atoms with E-state index in [0.717, 1.165) is 50.2 Å². The molecule has 3 nitrogen and oxygen atoms in total. The van der Waals surface area contributed by atoms with Crippen molar-refractivity contribution in [2.75, 3.05) is 13.2 Å². The Morgan fingerprint density at radius 2 is 1.36 bits per heavy atom. The Hall–Kier alpha value is -0.590. The van der Waals surface area contributed by atoms with Gasteiger partial charge in [0.2, 0.25) is 6.04 Å². The average Bonchev–Trinajstić information content (AvgIpc) is 3.32. The fraction of sp³-hybridized carbons (Fsp3) is 0.967. The smallest absolute Gasteiger partial charge is 0.226 e. The quantitative estimate of drug-likeness (QED) is 0.191. The predicted molar refractivity (Wildman–Crippen MR) is 138 cm³/mol. The van der Waals surface area contributed by atoms with Crippen LogP contribution in [0.5, 0.6) is 0 Å². The molecule has 2 saturated carbocycles. The van der Waals surface area contributed by atoms with Gasteiger partial charge in [-0.15, -0.1) is 0 Å². The minimum atomic E-state index is -0.385. The first-order chi connectivity index (χ1) is 16.2. The number of ether oxygens (including phenoxy) is 2. The van der Waals surface area contributed by atoms with Crippen LogP contribution in [0.2, 0.25) is 0 Å². The molecule has 0 aromatic carbocycles. The highest BCUT2D eigenvalue weighted by Gasteiger charge is 2.40. The number of rotatable bonds is 14. The van der Waals surface area contributed by atoms with Crippen molar-refractivity contribution in [3.63, 3.8) is 0 Å². The summed E-state index contributed by atoms with van der Waals surface area (Å²) in [4.78, 5) is 4.14. The fourth-order valence-corrected chi connectivity index (χ4v) is 7.14. The van der Waals surface area contributed by atoms with Gasteiger partial charge in [0.1, 0.15) is 0 Å². The highest BCUT2D eigenvalue weighted by atomic mass is 16.7. The van der Waals surface area contributed by atoms with E-state index in [-0.39, 0.29) is 11.8 Å². The van der Waals surface area contributed by atoms with Crippen LogP contribution in [0.25, 0.3) is 4.85 Å². The molecule has 0 aromatic heterocycles. The minimum absolute atomic E-state index is 0.167. The topological polar surface area (TPSA) is 22.8 Å². The Morgan fingerprint density at radius 3 is 1.97 bits per heavy atom. The maximum Gasteiger partial charge on any atom is 0.226 e. The summed E-state index contributed by atoms with van der Waals surface area (Å²) in [6.45, 7) is 13.9. The summed E-state index contributed by atoms with van der Waals surface area (Å²) in [6.07, 6.45) is 24.8. The van der Waals surface area contributed by atoms with E-state index < -0.39 is 0 Å². The number of unbranched alkanes of at least 4 members (excludes halogenated alkanes) is 5. The molecule has 0 N–H and O–H groups in total. The molecule has 1 atom stereocenters. The summed E-state index contributed by atoms with van der Waals surface area (Å²) < 4.78 is 12.2. The van der Waals surface area contributed by atoms with Gasteiger partial charge in [0.05, 0.1) is 13.2 Å². The van der Waals surface area contributed by atoms with Crippen molar-refractivity contribution in [1.82, 2.24) is 0 Å². The van der Waals surface area contributed by atoms with Gasteiger partial charge >= 0.3 is 0 Å². The molecule has 1 aliphatic heterocycles. The van der Waals surface area contributed by atoms with E-state index in [4.69, 9.17) is 16.0 Å². The normalized spacial score (nSPS) is 30.7. The molecule has 3 heteroatoms. The van der Waals surface area contributed by atoms with Crippen LogP contribution in [0.4, 0.5) is 0 Å². The summed E-state index contributed by atoms with van der Waals surface area (Å²) in [5.41, 5.74) is 0. The SMILES string of the molecule is [C-]#[N+]C(CCC1(CCCCCC)OCCO1)C1CCC(C2CCC(CCCCC)CC2)CC1. The minimum Gasteiger partial charge on any atom is -0.348 e. The molecule has 3 aliphatic rings. The third kappa shape index (κ3) is 8.54. The Morgan fingerprint density at radius 1 is 0.758 bits per heavy atom. The van der Waals surface area contributed by atoms with Crippen LogP contribution in [0.3, 0.4) is 0 Å². The first kappa shape index (κ1) is 27.0. The highest BCUT2D eigenvalue weighted by molar-refractivity contribution is 4.92. The number of nitrogens with zero attached hydrogens (tertiary/aromatic N) is 1. The maximum absolute atomic E-state index is 7.91. The zero-order valence-electron chi connectivity index (χ0n) is 22.0. The van der Waals surface area contributed by atoms with E-state index >= 15 is 0 Å². The predicted octanol–water partition coefficient (Wildman–Crippen LogP) is 8.96. The first-order valence-electron chi connectivity index (χ1n) is 14.8. The van der Waals surface area contributed by atoms with Crippen molar-refractivity contribution >= 4 is 0 Å². The Balaban J connectivity index is 1.38. The fourth-order valence-electron chi connectivity index (χ4n) is 7.14. The van der Waals surface area contributed by atoms with Gasteiger partial charge in [0.25, 0.3) is 0 Å². The molecule has 3 fully saturated rings. The van der Waals surface area contributed by atoms with Crippen LogP contribution in [0, 0.1) is 30.2 Å². The summed E-state index contributed by atoms with van der Waals surface area (Å²) in [7, 11) is 0. The summed E-state index contributed by atoms with van der Waals surface area (Å²) >= 11 is 0. The Kier molecular flexibility index (Phi) is 12.1. The van der Waals surface area contributed by atoms with Gasteiger partial charge < -0.3 is 14.3 Å². The molecular formula is C30H53NO2. The second kappa shape index (κ2) is 14.7. The molecule has 190 valence electrons. The van der Waals surface area contributed by atoms with Crippen molar-refractivity contribution in [2.45, 2.75) is 148 Å². The van der Waals surface area contributed by atoms with Gasteiger partial charge in [-0.1, -0.05) is 71.6 Å². The molecule has 1 unspecified atom stereocenters. The molecule has 0 spiro atoms. The summed E-state index contributed by atoms with van der Waals surface area (Å²) in [5.74, 6) is 3.15. The van der Waals surface area contributed by atoms with E-state index in [2.05, 4.69) is 18.7 Å². The van der Waals surface area contributed by atoms with E-state index in [1.54, 1.807) is 0 Å². The lowest BCUT2D eigenvalue weighted by atomic mass is 9.67. The molecule has 0 aromatic rings. The lowest BCUT2D eigenvalue weighted by Crippen LogP contribution is -2.33. The van der Waals surface area contributed by atoms with E-state index in [9.17, 15) is 0 Å². The molecule has 33 heavy (non-hydrogen) atoms. The first-order valence-corrected chi connectivity index (χ1v) is 14.8. The molecule has 0 bridgehead atoms. The van der Waals surface area contributed by atoms with Gasteiger partial charge in [0, 0.05) is 25.2 Å². The van der Waals surface area contributed by atoms with Crippen molar-refractivity contribution < 1.29 is 9.47 Å². The van der Waals surface area contributed by atoms with E-state index in [1.165, 1.54) is 103 Å². The largest absolute Gasteiger partial charge is 0.348 e. The second-order valence-corrected chi connectivity index (χ2v) is 11.6. The molecule has 2 aliphatic carbocycles. The highest BCUT2D eigenvalue weighted by Crippen LogP contribution is 2.44. The van der Waals surface area contributed by atoms with Gasteiger partial charge in [-0.05, 0) is 62.7 Å². The van der Waals surface area contributed by atoms with E-state index in [1.807, 2.05) is 0 Å². The van der Waals surface area contributed by atoms with Crippen molar-refractivity contribution in [3.8, 4) is 0 Å². The third-order valence-corrected chi connectivity index (χ3v) is 9.35. The zero-order valence-corrected chi connectivity index (χ0v) is 22.0. The van der Waals surface area contributed by atoms with Crippen LogP contribution in [-0.2, 0) is 9.47 Å². The van der Waals surface area contributed by atoms with Crippen molar-refractivity contribution in [1.29, 1.82) is 0 Å². The zero-order chi connectivity index (χ0) is 23.4. The molecular weight excluding hydrogens is 406 g/mol. The Labute approximate surface area is 205 Å². The van der Waals surface area contributed by atoms with Gasteiger partial charge in [-0.25, -0.2) is 6.57 Å². The Bertz CT molecular complexity index is 548. The van der Waals surface area contributed by atoms with Crippen LogP contribution < -0.4 is 0 Å². The monoisotopic (exact) mass is 459 g/mol. The van der Waals surface area contributed by atoms with Crippen molar-refractivity contribution in [3.05, 3.63) is 11.4 Å². The summed E-state index contributed by atoms with van der Waals surface area (Å²) in [6, 6.07) is 0.167. The van der Waals surface area contributed by atoms with Crippen LogP contribution >= 0.6 is 0 Å². The molecule has 1 saturated heterocycles. The molecule has 1 heterocycles. The van der Waals surface area contributed by atoms with Crippen LogP contribution in [0.1, 0.15) is 136 Å². The third-order valence-electron chi connectivity index (χ3n) is 9.35. The van der Waals surface area contributed by atoms with Crippen LogP contribution in [0.15, 0.2) is 0 Å². The lowest BCUT2D eigenvalue weighted by molar-refractivity contribution is -0.169. The molecule has 0 amide bonds. The average molecular weight is 460 g/mol. The lowest BCUT2D eigenvalue weighted by Gasteiger charge is -2.38. The number of hydrogen-bond acceptors (Lipinski definition) is 2. The van der Waals surface area contributed by atoms with Gasteiger partial charge in [0.15, 0.2) is 5.79 Å². The summed E-state index contributed by atoms with van der Waals surface area (Å²) in [5, 5.41) is 0. The maximum atomic E-state index is 7.91. The number of hydrogen-bond donors (Lipinski definition) is 0. The van der Waals surface area contributed by atoms with E-state index in [0.29, 0.717) is 5.92 Å². The standard InChI is InChI=1S/C30H53NO2/c1-4-6-8-10-21-30(32-23-24-33-30)22-20-29(31-3)28-18-16-27(17-19-28)26-14-12-25(13-15-26)11-9-7-5-2/h25-29H,4-24H2,1-2H3. The molecule has 0 radical (unpaired) electrons. The van der Waals surface area contributed by atoms with Gasteiger partial charge in [-0.2, -0.15) is 0 Å².